The van der Waals surface area contributed by atoms with Crippen molar-refractivity contribution in [3.05, 3.63) is 58.2 Å². The van der Waals surface area contributed by atoms with Gasteiger partial charge < -0.3 is 24.2 Å². The number of carbonyl (C=O) groups excluding carboxylic acids is 2. The first kappa shape index (κ1) is 33.6. The molecule has 0 saturated carbocycles. The summed E-state index contributed by atoms with van der Waals surface area (Å²) in [5.41, 5.74) is 1.88. The second-order valence-electron chi connectivity index (χ2n) is 13.4. The van der Waals surface area contributed by atoms with E-state index in [1.807, 2.05) is 77.6 Å². The summed E-state index contributed by atoms with van der Waals surface area (Å²) in [5, 5.41) is 3.50. The van der Waals surface area contributed by atoms with Crippen LogP contribution in [-0.4, -0.2) is 89.4 Å². The van der Waals surface area contributed by atoms with E-state index < -0.39 is 17.3 Å². The lowest BCUT2D eigenvalue weighted by Crippen LogP contribution is -2.43. The number of hydrogen-bond donors (Lipinski definition) is 1. The van der Waals surface area contributed by atoms with Crippen LogP contribution in [0.3, 0.4) is 0 Å². The van der Waals surface area contributed by atoms with Gasteiger partial charge in [-0.3, -0.25) is 5.32 Å². The van der Waals surface area contributed by atoms with Crippen LogP contribution in [0.15, 0.2) is 36.4 Å². The molecule has 1 aliphatic heterocycles. The number of rotatable bonds is 9. The van der Waals surface area contributed by atoms with Crippen molar-refractivity contribution in [2.75, 3.05) is 45.6 Å². The highest BCUT2D eigenvalue weighted by molar-refractivity contribution is 6.30. The topological polar surface area (TPSA) is 87.2 Å². The first-order chi connectivity index (χ1) is 19.5. The number of halogens is 1. The quantitative estimate of drug-likeness (QED) is 0.364. The van der Waals surface area contributed by atoms with E-state index in [0.717, 1.165) is 35.9 Å². The molecule has 10 heteroatoms. The number of ether oxygens (including phenoxy) is 2. The smallest absolute Gasteiger partial charge is 0.413 e. The number of likely N-dealkylation sites (tertiary alicyclic amines) is 1. The minimum atomic E-state index is -0.605. The minimum Gasteiger partial charge on any atom is -0.444 e. The van der Waals surface area contributed by atoms with Crippen LogP contribution in [0.25, 0.3) is 0 Å². The summed E-state index contributed by atoms with van der Waals surface area (Å²) in [5.74, 6) is 0.586. The molecule has 2 heterocycles. The summed E-state index contributed by atoms with van der Waals surface area (Å²) in [6.07, 6.45) is -0.184. The maximum atomic E-state index is 13.1. The van der Waals surface area contributed by atoms with Gasteiger partial charge in [-0.2, -0.15) is 0 Å². The summed E-state index contributed by atoms with van der Waals surface area (Å²) in [7, 11) is 4.23. The zero-order valence-electron chi connectivity index (χ0n) is 26.7. The van der Waals surface area contributed by atoms with Crippen LogP contribution in [0.5, 0.6) is 0 Å². The van der Waals surface area contributed by atoms with Gasteiger partial charge in [0.1, 0.15) is 17.0 Å². The lowest BCUT2D eigenvalue weighted by Gasteiger charge is -2.30. The molecule has 1 aromatic carbocycles. The Kier molecular flexibility index (Phi) is 11.3. The Morgan fingerprint density at radius 2 is 1.64 bits per heavy atom. The summed E-state index contributed by atoms with van der Waals surface area (Å²) in [4.78, 5) is 36.6. The Morgan fingerprint density at radius 1 is 1.00 bits per heavy atom. The number of amides is 2. The second kappa shape index (κ2) is 14.1. The van der Waals surface area contributed by atoms with Crippen LogP contribution in [-0.2, 0) is 22.4 Å². The molecule has 0 bridgehead atoms. The summed E-state index contributed by atoms with van der Waals surface area (Å²) >= 11 is 6.04. The average Bonchev–Trinajstić information content (AvgIpc) is 3.25. The fourth-order valence-electron chi connectivity index (χ4n) is 5.09. The molecule has 3 rings (SSSR count). The van der Waals surface area contributed by atoms with Gasteiger partial charge in [0.2, 0.25) is 0 Å². The molecule has 2 atom stereocenters. The van der Waals surface area contributed by atoms with Gasteiger partial charge in [0.25, 0.3) is 0 Å². The molecule has 0 spiro atoms. The van der Waals surface area contributed by atoms with E-state index in [9.17, 15) is 9.59 Å². The third kappa shape index (κ3) is 11.1. The minimum absolute atomic E-state index is 0.117. The lowest BCUT2D eigenvalue weighted by molar-refractivity contribution is 0.0279. The van der Waals surface area contributed by atoms with Crippen molar-refractivity contribution in [2.24, 2.45) is 5.92 Å². The number of nitrogens with zero attached hydrogens (tertiary/aromatic N) is 4. The van der Waals surface area contributed by atoms with Crippen LogP contribution < -0.4 is 5.32 Å². The van der Waals surface area contributed by atoms with Gasteiger partial charge in [-0.1, -0.05) is 23.7 Å². The number of aromatic nitrogens is 1. The molecule has 42 heavy (non-hydrogen) atoms. The Labute approximate surface area is 256 Å². The maximum Gasteiger partial charge on any atom is 0.413 e. The molecular formula is C32H48ClN5O4. The fourth-order valence-corrected chi connectivity index (χ4v) is 5.22. The van der Waals surface area contributed by atoms with Crippen molar-refractivity contribution in [2.45, 2.75) is 78.7 Å². The largest absolute Gasteiger partial charge is 0.444 e. The number of benzene rings is 1. The van der Waals surface area contributed by atoms with Gasteiger partial charge >= 0.3 is 12.2 Å². The van der Waals surface area contributed by atoms with Crippen LogP contribution in [0.4, 0.5) is 15.4 Å². The summed E-state index contributed by atoms with van der Waals surface area (Å²) in [6.45, 7) is 16.8. The molecule has 2 amide bonds. The summed E-state index contributed by atoms with van der Waals surface area (Å²) < 4.78 is 11.1. The van der Waals surface area contributed by atoms with Crippen molar-refractivity contribution in [3.8, 4) is 0 Å². The molecule has 1 fully saturated rings. The highest BCUT2D eigenvalue weighted by Crippen LogP contribution is 2.27. The Morgan fingerprint density at radius 3 is 2.26 bits per heavy atom. The maximum absolute atomic E-state index is 13.1. The average molecular weight is 602 g/mol. The van der Waals surface area contributed by atoms with Crippen molar-refractivity contribution < 1.29 is 19.1 Å². The predicted octanol–water partition coefficient (Wildman–Crippen LogP) is 6.23. The number of carbonyl (C=O) groups is 2. The van der Waals surface area contributed by atoms with Gasteiger partial charge in [-0.05, 0) is 110 Å². The second-order valence-corrected chi connectivity index (χ2v) is 13.8. The lowest BCUT2D eigenvalue weighted by atomic mass is 9.96. The number of anilines is 1. The number of nitrogens with one attached hydrogen (secondary N) is 1. The molecule has 232 valence electrons. The van der Waals surface area contributed by atoms with Crippen LogP contribution in [0.2, 0.25) is 5.02 Å². The Bertz CT molecular complexity index is 1210. The normalized spacial score (nSPS) is 17.6. The van der Waals surface area contributed by atoms with E-state index in [-0.39, 0.29) is 18.1 Å². The molecule has 1 aliphatic rings. The van der Waals surface area contributed by atoms with Gasteiger partial charge in [0, 0.05) is 49.5 Å². The Balaban J connectivity index is 1.72. The number of aryl methyl sites for hydroxylation is 1. The first-order valence-corrected chi connectivity index (χ1v) is 14.9. The van der Waals surface area contributed by atoms with Crippen molar-refractivity contribution in [1.82, 2.24) is 19.7 Å². The summed E-state index contributed by atoms with van der Waals surface area (Å²) in [6, 6.07) is 11.9. The molecule has 1 saturated heterocycles. The SMILES string of the molecule is Cc1cc(C[C@H]2CN(C(=O)OC(C)(C)C)C[C@H]2N(C)CCN(C)Cc2ccc(Cl)cc2)nc(NC(=O)OC(C)(C)C)c1. The number of pyridine rings is 1. The van der Waals surface area contributed by atoms with Crippen LogP contribution >= 0.6 is 11.6 Å². The molecular weight excluding hydrogens is 554 g/mol. The third-order valence-electron chi connectivity index (χ3n) is 6.95. The van der Waals surface area contributed by atoms with Gasteiger partial charge in [-0.15, -0.1) is 0 Å². The van der Waals surface area contributed by atoms with E-state index in [0.29, 0.717) is 25.3 Å². The van der Waals surface area contributed by atoms with Crippen molar-refractivity contribution in [1.29, 1.82) is 0 Å². The molecule has 1 N–H and O–H groups in total. The highest BCUT2D eigenvalue weighted by atomic mass is 35.5. The number of likely N-dealkylation sites (N-methyl/N-ethyl adjacent to an activating group) is 2. The molecule has 2 aromatic rings. The predicted molar refractivity (Wildman–Crippen MR) is 168 cm³/mol. The monoisotopic (exact) mass is 601 g/mol. The standard InChI is InChI=1S/C32H48ClN5O4/c1-22-16-26(34-28(17-22)35-29(39)41-31(2,3)4)18-24-20-38(30(40)42-32(5,6)7)21-27(24)37(9)15-14-36(8)19-23-10-12-25(33)13-11-23/h10-13,16-17,24,27H,14-15,18-21H2,1-9H3,(H,34,35,39)/t24-,27+/m0/s1. The van der Waals surface area contributed by atoms with Crippen LogP contribution in [0, 0.1) is 12.8 Å². The zero-order chi connectivity index (χ0) is 31.2. The molecule has 0 aliphatic carbocycles. The number of hydrogen-bond acceptors (Lipinski definition) is 7. The fraction of sp³-hybridized carbons (Fsp3) is 0.594. The van der Waals surface area contributed by atoms with Crippen molar-refractivity contribution >= 4 is 29.6 Å². The van der Waals surface area contributed by atoms with E-state index in [1.165, 1.54) is 5.56 Å². The van der Waals surface area contributed by atoms with E-state index >= 15 is 0 Å². The van der Waals surface area contributed by atoms with Crippen LogP contribution in [0.1, 0.15) is 58.4 Å². The zero-order valence-corrected chi connectivity index (χ0v) is 27.4. The molecule has 9 nitrogen and oxygen atoms in total. The highest BCUT2D eigenvalue weighted by Gasteiger charge is 2.39. The van der Waals surface area contributed by atoms with E-state index in [4.69, 9.17) is 26.1 Å². The molecule has 0 unspecified atom stereocenters. The van der Waals surface area contributed by atoms with E-state index in [1.54, 1.807) is 0 Å². The van der Waals surface area contributed by atoms with Gasteiger partial charge in [0.15, 0.2) is 0 Å². The van der Waals surface area contributed by atoms with E-state index in [2.05, 4.69) is 41.3 Å². The van der Waals surface area contributed by atoms with Gasteiger partial charge in [0.05, 0.1) is 0 Å². The molecule has 0 radical (unpaired) electrons. The third-order valence-corrected chi connectivity index (χ3v) is 7.20. The van der Waals surface area contributed by atoms with Crippen molar-refractivity contribution in [3.63, 3.8) is 0 Å². The Hall–Kier alpha value is -2.88. The van der Waals surface area contributed by atoms with Gasteiger partial charge in [-0.25, -0.2) is 14.6 Å². The first-order valence-electron chi connectivity index (χ1n) is 14.6. The molecule has 1 aromatic heterocycles.